The molecular formula is C28H33NO4. The molecule has 1 fully saturated rings. The molecule has 1 heterocycles. The number of aryl methyl sites for hydroxylation is 1. The zero-order valence-electron chi connectivity index (χ0n) is 19.9. The quantitative estimate of drug-likeness (QED) is 0.465. The number of hydrogen-bond donors (Lipinski definition) is 1. The van der Waals surface area contributed by atoms with Crippen LogP contribution in [0.1, 0.15) is 44.2 Å². The predicted octanol–water partition coefficient (Wildman–Crippen LogP) is 5.91. The van der Waals surface area contributed by atoms with E-state index in [1.54, 1.807) is 14.2 Å². The molecule has 0 bridgehead atoms. The lowest BCUT2D eigenvalue weighted by Gasteiger charge is -2.28. The Morgan fingerprint density at radius 1 is 0.939 bits per heavy atom. The summed E-state index contributed by atoms with van der Waals surface area (Å²) in [6.45, 7) is 5.42. The van der Waals surface area contributed by atoms with Crippen LogP contribution in [0.15, 0.2) is 48.5 Å². The fraction of sp³-hybridized carbons (Fsp3) is 0.393. The van der Waals surface area contributed by atoms with E-state index in [0.29, 0.717) is 18.5 Å². The molecule has 3 aromatic carbocycles. The number of ether oxygens (including phenoxy) is 2. The smallest absolute Gasteiger partial charge is 0.303 e. The number of hydrogen-bond acceptors (Lipinski definition) is 4. The first-order valence-corrected chi connectivity index (χ1v) is 11.7. The number of benzene rings is 3. The molecule has 33 heavy (non-hydrogen) atoms. The van der Waals surface area contributed by atoms with Crippen molar-refractivity contribution >= 4 is 16.7 Å². The van der Waals surface area contributed by atoms with Gasteiger partial charge in [-0.2, -0.15) is 0 Å². The first kappa shape index (κ1) is 23.1. The lowest BCUT2D eigenvalue weighted by atomic mass is 9.92. The van der Waals surface area contributed by atoms with E-state index in [1.165, 1.54) is 12.8 Å². The van der Waals surface area contributed by atoms with Crippen molar-refractivity contribution < 1.29 is 19.4 Å². The number of carboxylic acids is 1. The van der Waals surface area contributed by atoms with Crippen molar-refractivity contribution in [2.75, 3.05) is 14.2 Å². The maximum Gasteiger partial charge on any atom is 0.303 e. The van der Waals surface area contributed by atoms with Crippen LogP contribution < -0.4 is 9.47 Å². The third-order valence-corrected chi connectivity index (χ3v) is 7.00. The van der Waals surface area contributed by atoms with Gasteiger partial charge in [0, 0.05) is 30.6 Å². The number of likely N-dealkylation sites (tertiary alicyclic amines) is 1. The van der Waals surface area contributed by atoms with Crippen LogP contribution in [-0.2, 0) is 17.8 Å². The van der Waals surface area contributed by atoms with Crippen molar-refractivity contribution in [2.24, 2.45) is 0 Å². The molecule has 0 spiro atoms. The molecule has 174 valence electrons. The highest BCUT2D eigenvalue weighted by molar-refractivity contribution is 6.01. The Kier molecular flexibility index (Phi) is 6.89. The molecule has 3 aromatic rings. The van der Waals surface area contributed by atoms with Crippen molar-refractivity contribution in [1.82, 2.24) is 4.90 Å². The fourth-order valence-electron chi connectivity index (χ4n) is 5.20. The van der Waals surface area contributed by atoms with Gasteiger partial charge < -0.3 is 14.6 Å². The average molecular weight is 448 g/mol. The standard InChI is InChI=1S/C28H33NO4/c1-18-11-12-19(2)29(18)17-21-13-15-25(32-3)27(28(21)33-4)24-10-6-8-22-20(14-16-26(30)31)7-5-9-23(22)24/h5-10,13,15,18-19H,11-12,14,16-17H2,1-4H3,(H,30,31). The predicted molar refractivity (Wildman–Crippen MR) is 132 cm³/mol. The van der Waals surface area contributed by atoms with Gasteiger partial charge in [0.2, 0.25) is 0 Å². The summed E-state index contributed by atoms with van der Waals surface area (Å²) in [5.41, 5.74) is 4.15. The maximum atomic E-state index is 11.2. The van der Waals surface area contributed by atoms with E-state index in [1.807, 2.05) is 24.3 Å². The van der Waals surface area contributed by atoms with Crippen LogP contribution >= 0.6 is 0 Å². The van der Waals surface area contributed by atoms with Gasteiger partial charge in [0.15, 0.2) is 0 Å². The minimum atomic E-state index is -0.787. The minimum Gasteiger partial charge on any atom is -0.496 e. The Morgan fingerprint density at radius 2 is 1.64 bits per heavy atom. The summed E-state index contributed by atoms with van der Waals surface area (Å²) in [4.78, 5) is 13.7. The van der Waals surface area contributed by atoms with Crippen LogP contribution in [0.4, 0.5) is 0 Å². The Labute approximate surface area is 195 Å². The van der Waals surface area contributed by atoms with Crippen molar-refractivity contribution in [3.63, 3.8) is 0 Å². The summed E-state index contributed by atoms with van der Waals surface area (Å²) in [5, 5.41) is 11.3. The molecule has 5 nitrogen and oxygen atoms in total. The number of nitrogens with zero attached hydrogens (tertiary/aromatic N) is 1. The van der Waals surface area contributed by atoms with Gasteiger partial charge >= 0.3 is 5.97 Å². The highest BCUT2D eigenvalue weighted by Crippen LogP contribution is 2.45. The second-order valence-corrected chi connectivity index (χ2v) is 8.99. The summed E-state index contributed by atoms with van der Waals surface area (Å²) >= 11 is 0. The maximum absolute atomic E-state index is 11.2. The lowest BCUT2D eigenvalue weighted by Crippen LogP contribution is -2.32. The summed E-state index contributed by atoms with van der Waals surface area (Å²) < 4.78 is 11.8. The molecule has 0 aliphatic carbocycles. The van der Waals surface area contributed by atoms with E-state index < -0.39 is 5.97 Å². The molecule has 1 aliphatic rings. The summed E-state index contributed by atoms with van der Waals surface area (Å²) in [7, 11) is 3.41. The molecule has 1 saturated heterocycles. The molecule has 2 unspecified atom stereocenters. The zero-order valence-corrected chi connectivity index (χ0v) is 19.9. The molecule has 4 rings (SSSR count). The van der Waals surface area contributed by atoms with Gasteiger partial charge in [-0.3, -0.25) is 9.69 Å². The second kappa shape index (κ2) is 9.84. The van der Waals surface area contributed by atoms with Gasteiger partial charge in [-0.05, 0) is 61.1 Å². The molecule has 0 aromatic heterocycles. The molecule has 0 amide bonds. The molecule has 0 saturated carbocycles. The van der Waals surface area contributed by atoms with Crippen LogP contribution in [0.2, 0.25) is 0 Å². The Morgan fingerprint density at radius 3 is 2.30 bits per heavy atom. The van der Waals surface area contributed by atoms with Gasteiger partial charge in [0.1, 0.15) is 11.5 Å². The van der Waals surface area contributed by atoms with Gasteiger partial charge in [0.05, 0.1) is 19.8 Å². The molecule has 2 atom stereocenters. The van der Waals surface area contributed by atoms with Crippen molar-refractivity contribution in [3.8, 4) is 22.6 Å². The number of rotatable bonds is 8. The molecule has 1 aliphatic heterocycles. The van der Waals surface area contributed by atoms with Crippen molar-refractivity contribution in [3.05, 3.63) is 59.7 Å². The minimum absolute atomic E-state index is 0.109. The van der Waals surface area contributed by atoms with E-state index in [9.17, 15) is 4.79 Å². The Bertz CT molecular complexity index is 1150. The number of methoxy groups -OCH3 is 2. The number of carbonyl (C=O) groups is 1. The normalized spacial score (nSPS) is 18.5. The van der Waals surface area contributed by atoms with Gasteiger partial charge in [-0.1, -0.05) is 42.5 Å². The summed E-state index contributed by atoms with van der Waals surface area (Å²) in [5.74, 6) is 0.815. The summed E-state index contributed by atoms with van der Waals surface area (Å²) in [6.07, 6.45) is 3.04. The van der Waals surface area contributed by atoms with Crippen molar-refractivity contribution in [1.29, 1.82) is 0 Å². The number of fused-ring (bicyclic) bond motifs is 1. The van der Waals surface area contributed by atoms with Crippen LogP contribution in [0, 0.1) is 0 Å². The second-order valence-electron chi connectivity index (χ2n) is 8.99. The zero-order chi connectivity index (χ0) is 23.5. The first-order chi connectivity index (χ1) is 15.9. The van der Waals surface area contributed by atoms with Crippen molar-refractivity contribution in [2.45, 2.75) is 58.2 Å². The topological polar surface area (TPSA) is 59.0 Å². The monoisotopic (exact) mass is 447 g/mol. The highest BCUT2D eigenvalue weighted by atomic mass is 16.5. The van der Waals surface area contributed by atoms with Gasteiger partial charge in [-0.25, -0.2) is 0 Å². The fourth-order valence-corrected chi connectivity index (χ4v) is 5.20. The van der Waals surface area contributed by atoms with Gasteiger partial charge in [-0.15, -0.1) is 0 Å². The van der Waals surface area contributed by atoms with Crippen LogP contribution in [0.5, 0.6) is 11.5 Å². The SMILES string of the molecule is COc1ccc(CN2C(C)CCC2C)c(OC)c1-c1cccc2c(CCC(=O)O)cccc12. The number of carboxylic acid groups (broad SMARTS) is 1. The largest absolute Gasteiger partial charge is 0.496 e. The third kappa shape index (κ3) is 4.55. The highest BCUT2D eigenvalue weighted by Gasteiger charge is 2.29. The van der Waals surface area contributed by atoms with E-state index in [2.05, 4.69) is 43.0 Å². The van der Waals surface area contributed by atoms with E-state index in [-0.39, 0.29) is 6.42 Å². The number of aliphatic carboxylic acids is 1. The third-order valence-electron chi connectivity index (χ3n) is 7.00. The lowest BCUT2D eigenvalue weighted by molar-refractivity contribution is -0.136. The van der Waals surface area contributed by atoms with Crippen LogP contribution in [0.25, 0.3) is 21.9 Å². The van der Waals surface area contributed by atoms with Crippen LogP contribution in [0.3, 0.4) is 0 Å². The first-order valence-electron chi connectivity index (χ1n) is 11.7. The Hall–Kier alpha value is -3.05. The molecule has 5 heteroatoms. The van der Waals surface area contributed by atoms with E-state index in [0.717, 1.165) is 51.1 Å². The molecule has 0 radical (unpaired) electrons. The molecule has 1 N–H and O–H groups in total. The van der Waals surface area contributed by atoms with E-state index >= 15 is 0 Å². The molecular weight excluding hydrogens is 414 g/mol. The Balaban J connectivity index is 1.86. The van der Waals surface area contributed by atoms with Gasteiger partial charge in [0.25, 0.3) is 0 Å². The van der Waals surface area contributed by atoms with Crippen LogP contribution in [-0.4, -0.2) is 42.3 Å². The average Bonchev–Trinajstić information content (AvgIpc) is 3.14. The van der Waals surface area contributed by atoms with E-state index in [4.69, 9.17) is 14.6 Å². The summed E-state index contributed by atoms with van der Waals surface area (Å²) in [6, 6.07) is 17.5.